The van der Waals surface area contributed by atoms with E-state index >= 15 is 0 Å². The number of hydrogen-bond donors (Lipinski definition) is 2. The van der Waals surface area contributed by atoms with E-state index < -0.39 is 16.0 Å². The molecule has 1 aliphatic carbocycles. The molecule has 1 saturated carbocycles. The van der Waals surface area contributed by atoms with Crippen molar-refractivity contribution in [2.45, 2.75) is 36.5 Å². The average Bonchev–Trinajstić information content (AvgIpc) is 3.19. The predicted molar refractivity (Wildman–Crippen MR) is 70.5 cm³/mol. The molecule has 0 bridgehead atoms. The lowest BCUT2D eigenvalue weighted by Crippen LogP contribution is -2.25. The summed E-state index contributed by atoms with van der Waals surface area (Å²) < 4.78 is 26.2. The van der Waals surface area contributed by atoms with Gasteiger partial charge in [0.25, 0.3) is 0 Å². The van der Waals surface area contributed by atoms with Crippen molar-refractivity contribution < 1.29 is 18.3 Å². The first-order valence-electron chi connectivity index (χ1n) is 6.30. The maximum absolute atomic E-state index is 11.9. The smallest absolute Gasteiger partial charge is 0.303 e. The van der Waals surface area contributed by atoms with Crippen LogP contribution >= 0.6 is 0 Å². The van der Waals surface area contributed by atoms with Gasteiger partial charge in [0, 0.05) is 13.0 Å². The van der Waals surface area contributed by atoms with Gasteiger partial charge in [0.1, 0.15) is 0 Å². The molecule has 0 spiro atoms. The molecule has 1 fully saturated rings. The first-order valence-corrected chi connectivity index (χ1v) is 7.79. The summed E-state index contributed by atoms with van der Waals surface area (Å²) in [6, 6.07) is 6.91. The second-order valence-corrected chi connectivity index (χ2v) is 6.51. The number of sulfonamides is 1. The summed E-state index contributed by atoms with van der Waals surface area (Å²) in [5, 5.41) is 8.47. The minimum atomic E-state index is -3.52. The minimum Gasteiger partial charge on any atom is -0.481 e. The van der Waals surface area contributed by atoms with Gasteiger partial charge in [-0.1, -0.05) is 12.1 Å². The third-order valence-electron chi connectivity index (χ3n) is 3.10. The lowest BCUT2D eigenvalue weighted by atomic mass is 10.1. The first-order chi connectivity index (χ1) is 8.99. The topological polar surface area (TPSA) is 83.5 Å². The molecule has 1 aromatic carbocycles. The summed E-state index contributed by atoms with van der Waals surface area (Å²) in [5.41, 5.74) is 1.19. The van der Waals surface area contributed by atoms with Gasteiger partial charge in [0.05, 0.1) is 4.90 Å². The predicted octanol–water partition coefficient (Wildman–Crippen LogP) is 1.71. The number of carbonyl (C=O) groups is 1. The number of nitrogens with one attached hydrogen (secondary N) is 1. The SMILES string of the molecule is O=C(O)CCCNS(=O)(=O)c1ccc(C2CC2)cc1. The van der Waals surface area contributed by atoms with Gasteiger partial charge in [-0.25, -0.2) is 13.1 Å². The van der Waals surface area contributed by atoms with Crippen LogP contribution < -0.4 is 4.72 Å². The Labute approximate surface area is 112 Å². The summed E-state index contributed by atoms with van der Waals surface area (Å²) in [6.45, 7) is 0.138. The fourth-order valence-corrected chi connectivity index (χ4v) is 2.94. The van der Waals surface area contributed by atoms with Crippen LogP contribution in [0.15, 0.2) is 29.2 Å². The highest BCUT2D eigenvalue weighted by Crippen LogP contribution is 2.40. The van der Waals surface area contributed by atoms with Gasteiger partial charge in [-0.05, 0) is 42.9 Å². The van der Waals surface area contributed by atoms with E-state index in [1.54, 1.807) is 12.1 Å². The molecule has 0 atom stereocenters. The Morgan fingerprint density at radius 2 is 1.89 bits per heavy atom. The maximum atomic E-state index is 11.9. The third kappa shape index (κ3) is 4.04. The lowest BCUT2D eigenvalue weighted by Gasteiger charge is -2.07. The summed E-state index contributed by atoms with van der Waals surface area (Å²) in [5.74, 6) is -0.326. The average molecular weight is 283 g/mol. The molecular weight excluding hydrogens is 266 g/mol. The van der Waals surface area contributed by atoms with E-state index in [9.17, 15) is 13.2 Å². The zero-order chi connectivity index (χ0) is 13.9. The van der Waals surface area contributed by atoms with Gasteiger partial charge in [-0.2, -0.15) is 0 Å². The van der Waals surface area contributed by atoms with E-state index in [1.165, 1.54) is 18.4 Å². The summed E-state index contributed by atoms with van der Waals surface area (Å²) in [7, 11) is -3.52. The normalized spacial score (nSPS) is 15.4. The largest absolute Gasteiger partial charge is 0.481 e. The molecule has 1 aromatic rings. The number of aliphatic carboxylic acids is 1. The first kappa shape index (κ1) is 14.0. The zero-order valence-electron chi connectivity index (χ0n) is 10.5. The molecule has 5 nitrogen and oxygen atoms in total. The molecule has 0 heterocycles. The van der Waals surface area contributed by atoms with Crippen LogP contribution in [0.25, 0.3) is 0 Å². The highest BCUT2D eigenvalue weighted by molar-refractivity contribution is 7.89. The van der Waals surface area contributed by atoms with Gasteiger partial charge in [-0.15, -0.1) is 0 Å². The highest BCUT2D eigenvalue weighted by Gasteiger charge is 2.23. The molecule has 1 aliphatic rings. The van der Waals surface area contributed by atoms with Crippen LogP contribution in [-0.2, 0) is 14.8 Å². The van der Waals surface area contributed by atoms with Crippen molar-refractivity contribution in [3.63, 3.8) is 0 Å². The molecule has 2 N–H and O–H groups in total. The molecule has 0 saturated heterocycles. The molecule has 19 heavy (non-hydrogen) atoms. The summed E-state index contributed by atoms with van der Waals surface area (Å²) in [4.78, 5) is 10.6. The molecule has 0 unspecified atom stereocenters. The zero-order valence-corrected chi connectivity index (χ0v) is 11.3. The highest BCUT2D eigenvalue weighted by atomic mass is 32.2. The van der Waals surface area contributed by atoms with Gasteiger partial charge in [0.15, 0.2) is 0 Å². The van der Waals surface area contributed by atoms with Gasteiger partial charge in [0.2, 0.25) is 10.0 Å². The van der Waals surface area contributed by atoms with Crippen molar-refractivity contribution >= 4 is 16.0 Å². The number of carboxylic acids is 1. The summed E-state index contributed by atoms with van der Waals surface area (Å²) in [6.07, 6.45) is 2.61. The Morgan fingerprint density at radius 1 is 1.26 bits per heavy atom. The lowest BCUT2D eigenvalue weighted by molar-refractivity contribution is -0.137. The monoisotopic (exact) mass is 283 g/mol. The van der Waals surface area contributed by atoms with E-state index in [-0.39, 0.29) is 24.3 Å². The maximum Gasteiger partial charge on any atom is 0.303 e. The van der Waals surface area contributed by atoms with E-state index in [1.807, 2.05) is 12.1 Å². The van der Waals surface area contributed by atoms with Crippen molar-refractivity contribution in [3.05, 3.63) is 29.8 Å². The third-order valence-corrected chi connectivity index (χ3v) is 4.58. The van der Waals surface area contributed by atoms with Crippen LogP contribution in [0.4, 0.5) is 0 Å². The Balaban J connectivity index is 1.92. The van der Waals surface area contributed by atoms with Crippen LogP contribution in [0, 0.1) is 0 Å². The molecule has 0 amide bonds. The van der Waals surface area contributed by atoms with Gasteiger partial charge in [-0.3, -0.25) is 4.79 Å². The Hall–Kier alpha value is -1.40. The molecule has 2 rings (SSSR count). The van der Waals surface area contributed by atoms with Crippen LogP contribution in [0.2, 0.25) is 0 Å². The number of rotatable bonds is 7. The van der Waals surface area contributed by atoms with Crippen molar-refractivity contribution in [1.82, 2.24) is 4.72 Å². The van der Waals surface area contributed by atoms with E-state index in [0.29, 0.717) is 5.92 Å². The van der Waals surface area contributed by atoms with Crippen molar-refractivity contribution in [1.29, 1.82) is 0 Å². The molecule has 0 aromatic heterocycles. The number of hydrogen-bond acceptors (Lipinski definition) is 3. The fourth-order valence-electron chi connectivity index (χ4n) is 1.87. The van der Waals surface area contributed by atoms with Crippen molar-refractivity contribution in [2.75, 3.05) is 6.54 Å². The van der Waals surface area contributed by atoms with Gasteiger partial charge < -0.3 is 5.11 Å². The van der Waals surface area contributed by atoms with Gasteiger partial charge >= 0.3 is 5.97 Å². The van der Waals surface area contributed by atoms with Crippen LogP contribution in [0.3, 0.4) is 0 Å². The van der Waals surface area contributed by atoms with E-state index in [0.717, 1.165) is 0 Å². The molecular formula is C13H17NO4S. The standard InChI is InChI=1S/C13H17NO4S/c15-13(16)2-1-9-14-19(17,18)12-7-5-11(6-8-12)10-3-4-10/h5-8,10,14H,1-4,9H2,(H,15,16). The molecule has 0 radical (unpaired) electrons. The van der Waals surface area contributed by atoms with Crippen LogP contribution in [-0.4, -0.2) is 26.0 Å². The molecule has 104 valence electrons. The van der Waals surface area contributed by atoms with E-state index in [2.05, 4.69) is 4.72 Å². The Morgan fingerprint density at radius 3 is 2.42 bits per heavy atom. The minimum absolute atomic E-state index is 0.0386. The summed E-state index contributed by atoms with van der Waals surface area (Å²) >= 11 is 0. The van der Waals surface area contributed by atoms with Crippen LogP contribution in [0.1, 0.15) is 37.2 Å². The Bertz CT molecular complexity index is 547. The number of benzene rings is 1. The quantitative estimate of drug-likeness (QED) is 0.746. The van der Waals surface area contributed by atoms with Crippen LogP contribution in [0.5, 0.6) is 0 Å². The molecule has 6 heteroatoms. The van der Waals surface area contributed by atoms with Crippen molar-refractivity contribution in [2.24, 2.45) is 0 Å². The fraction of sp³-hybridized carbons (Fsp3) is 0.462. The Kier molecular flexibility index (Phi) is 4.21. The second-order valence-electron chi connectivity index (χ2n) is 4.74. The second kappa shape index (κ2) is 5.71. The van der Waals surface area contributed by atoms with Crippen molar-refractivity contribution in [3.8, 4) is 0 Å². The van der Waals surface area contributed by atoms with E-state index in [4.69, 9.17) is 5.11 Å². The number of carboxylic acid groups (broad SMARTS) is 1. The molecule has 0 aliphatic heterocycles.